The number of carbonyl (C=O) groups is 2. The Morgan fingerprint density at radius 1 is 1.18 bits per heavy atom. The van der Waals surface area contributed by atoms with E-state index < -0.39 is 11.2 Å². The number of aryl methyl sites for hydroxylation is 1. The van der Waals surface area contributed by atoms with Crippen LogP contribution in [0, 0.1) is 0 Å². The first-order valence-corrected chi connectivity index (χ1v) is 10.4. The van der Waals surface area contributed by atoms with Crippen LogP contribution >= 0.6 is 11.8 Å². The van der Waals surface area contributed by atoms with Gasteiger partial charge in [0.1, 0.15) is 5.25 Å². The average molecular weight is 400 g/mol. The lowest BCUT2D eigenvalue weighted by atomic mass is 10.1. The summed E-state index contributed by atoms with van der Waals surface area (Å²) in [6, 6.07) is 17.5. The lowest BCUT2D eigenvalue weighted by molar-refractivity contribution is -0.136. The van der Waals surface area contributed by atoms with Crippen LogP contribution in [0.5, 0.6) is 0 Å². The maximum absolute atomic E-state index is 13.1. The molecule has 2 aromatic rings. The molecule has 2 aromatic carbocycles. The third kappa shape index (κ3) is 5.36. The van der Waals surface area contributed by atoms with Crippen LogP contribution in [0.15, 0.2) is 59.5 Å². The van der Waals surface area contributed by atoms with Gasteiger partial charge in [0.15, 0.2) is 0 Å². The number of carbonyl (C=O) groups excluding carboxylic acids is 1. The molecular weight excluding hydrogens is 374 g/mol. The Balaban J connectivity index is 1.64. The van der Waals surface area contributed by atoms with Crippen LogP contribution in [-0.4, -0.2) is 52.9 Å². The highest BCUT2D eigenvalue weighted by Gasteiger charge is 2.27. The van der Waals surface area contributed by atoms with Crippen molar-refractivity contribution >= 4 is 23.6 Å². The van der Waals surface area contributed by atoms with Crippen molar-refractivity contribution < 1.29 is 19.4 Å². The minimum atomic E-state index is -0.889. The molecule has 1 heterocycles. The fourth-order valence-corrected chi connectivity index (χ4v) is 4.13. The van der Waals surface area contributed by atoms with E-state index in [0.717, 1.165) is 12.8 Å². The molecule has 0 saturated carbocycles. The summed E-state index contributed by atoms with van der Waals surface area (Å²) < 4.78 is 5.87. The number of nitrogens with zero attached hydrogens (tertiary/aromatic N) is 1. The van der Waals surface area contributed by atoms with E-state index in [1.807, 2.05) is 41.3 Å². The Kier molecular flexibility index (Phi) is 7.12. The minimum Gasteiger partial charge on any atom is -0.480 e. The van der Waals surface area contributed by atoms with Gasteiger partial charge in [0.2, 0.25) is 0 Å². The summed E-state index contributed by atoms with van der Waals surface area (Å²) in [4.78, 5) is 26.8. The topological polar surface area (TPSA) is 66.8 Å². The fraction of sp³-hybridized carbons (Fsp3) is 0.364. The van der Waals surface area contributed by atoms with Crippen molar-refractivity contribution in [2.45, 2.75) is 36.0 Å². The van der Waals surface area contributed by atoms with Crippen molar-refractivity contribution in [2.75, 3.05) is 19.7 Å². The number of ether oxygens (including phenoxy) is 1. The van der Waals surface area contributed by atoms with Crippen molar-refractivity contribution in [3.8, 4) is 0 Å². The van der Waals surface area contributed by atoms with Crippen LogP contribution in [0.3, 0.4) is 0 Å². The van der Waals surface area contributed by atoms with Gasteiger partial charge in [0.25, 0.3) is 5.91 Å². The number of rotatable bonds is 7. The van der Waals surface area contributed by atoms with E-state index >= 15 is 0 Å². The first-order chi connectivity index (χ1) is 13.5. The second kappa shape index (κ2) is 9.75. The van der Waals surface area contributed by atoms with Crippen LogP contribution in [-0.2, 0) is 16.0 Å². The Labute approximate surface area is 169 Å². The summed E-state index contributed by atoms with van der Waals surface area (Å²) in [5, 5.41) is 8.56. The lowest BCUT2D eigenvalue weighted by Crippen LogP contribution is -2.45. The standard InChI is InChI=1S/C22H25NO4S/c1-16(22(25)26)28-20-10-6-5-9-19(20)21(24)23-13-14-27-18(15-23)12-11-17-7-3-2-4-8-17/h2-10,16,18H,11-15H2,1H3,(H,25,26). The molecule has 0 aromatic heterocycles. The van der Waals surface area contributed by atoms with Crippen LogP contribution in [0.2, 0.25) is 0 Å². The number of amides is 1. The normalized spacial score (nSPS) is 17.9. The van der Waals surface area contributed by atoms with Gasteiger partial charge >= 0.3 is 5.97 Å². The third-order valence-corrected chi connectivity index (χ3v) is 5.96. The predicted octanol–water partition coefficient (Wildman–Crippen LogP) is 3.73. The zero-order chi connectivity index (χ0) is 19.9. The molecule has 1 amide bonds. The summed E-state index contributed by atoms with van der Waals surface area (Å²) in [5.74, 6) is -0.951. The largest absolute Gasteiger partial charge is 0.480 e. The van der Waals surface area contributed by atoms with Crippen molar-refractivity contribution in [1.82, 2.24) is 4.90 Å². The smallest absolute Gasteiger partial charge is 0.316 e. The quantitative estimate of drug-likeness (QED) is 0.719. The Bertz CT molecular complexity index is 811. The van der Waals surface area contributed by atoms with Crippen molar-refractivity contribution in [3.05, 3.63) is 65.7 Å². The van der Waals surface area contributed by atoms with Gasteiger partial charge < -0.3 is 14.7 Å². The van der Waals surface area contributed by atoms with Gasteiger partial charge in [-0.05, 0) is 37.5 Å². The van der Waals surface area contributed by atoms with Crippen LogP contribution in [0.25, 0.3) is 0 Å². The van der Waals surface area contributed by atoms with Crippen LogP contribution < -0.4 is 0 Å². The molecule has 1 aliphatic rings. The van der Waals surface area contributed by atoms with Gasteiger partial charge in [-0.15, -0.1) is 11.8 Å². The summed E-state index contributed by atoms with van der Waals surface area (Å²) >= 11 is 1.20. The number of hydrogen-bond acceptors (Lipinski definition) is 4. The van der Waals surface area contributed by atoms with Gasteiger partial charge in [0, 0.05) is 18.0 Å². The van der Waals surface area contributed by atoms with E-state index in [9.17, 15) is 14.7 Å². The number of hydrogen-bond donors (Lipinski definition) is 1. The first-order valence-electron chi connectivity index (χ1n) is 9.48. The summed E-state index contributed by atoms with van der Waals surface area (Å²) in [5.41, 5.74) is 1.82. The Morgan fingerprint density at radius 3 is 2.64 bits per heavy atom. The zero-order valence-electron chi connectivity index (χ0n) is 15.9. The van der Waals surface area contributed by atoms with E-state index in [1.54, 1.807) is 13.0 Å². The molecule has 1 saturated heterocycles. The first kappa shape index (κ1) is 20.4. The van der Waals surface area contributed by atoms with E-state index in [1.165, 1.54) is 17.3 Å². The monoisotopic (exact) mass is 399 g/mol. The van der Waals surface area contributed by atoms with E-state index in [-0.39, 0.29) is 12.0 Å². The summed E-state index contributed by atoms with van der Waals surface area (Å²) in [6.07, 6.45) is 1.78. The molecule has 0 bridgehead atoms. The van der Waals surface area contributed by atoms with Gasteiger partial charge in [-0.1, -0.05) is 42.5 Å². The molecule has 2 atom stereocenters. The molecule has 1 N–H and O–H groups in total. The number of morpholine rings is 1. The van der Waals surface area contributed by atoms with Gasteiger partial charge in [-0.2, -0.15) is 0 Å². The maximum Gasteiger partial charge on any atom is 0.316 e. The number of aliphatic carboxylic acids is 1. The highest BCUT2D eigenvalue weighted by Crippen LogP contribution is 2.28. The highest BCUT2D eigenvalue weighted by atomic mass is 32.2. The van der Waals surface area contributed by atoms with Crippen molar-refractivity contribution in [2.24, 2.45) is 0 Å². The number of benzene rings is 2. The van der Waals surface area contributed by atoms with E-state index in [4.69, 9.17) is 4.74 Å². The molecule has 5 nitrogen and oxygen atoms in total. The van der Waals surface area contributed by atoms with Gasteiger partial charge in [0.05, 0.1) is 18.3 Å². The molecule has 0 spiro atoms. The molecule has 1 aliphatic heterocycles. The maximum atomic E-state index is 13.1. The molecule has 28 heavy (non-hydrogen) atoms. The Hall–Kier alpha value is -2.31. The molecule has 148 valence electrons. The van der Waals surface area contributed by atoms with Crippen LogP contribution in [0.1, 0.15) is 29.3 Å². The molecule has 0 aliphatic carbocycles. The second-order valence-electron chi connectivity index (χ2n) is 6.86. The lowest BCUT2D eigenvalue weighted by Gasteiger charge is -2.33. The minimum absolute atomic E-state index is 0.00987. The molecule has 0 radical (unpaired) electrons. The number of carboxylic acid groups (broad SMARTS) is 1. The molecule has 2 unspecified atom stereocenters. The summed E-state index contributed by atoms with van der Waals surface area (Å²) in [7, 11) is 0. The fourth-order valence-electron chi connectivity index (χ4n) is 3.21. The van der Waals surface area contributed by atoms with Gasteiger partial charge in [-0.3, -0.25) is 9.59 Å². The highest BCUT2D eigenvalue weighted by molar-refractivity contribution is 8.00. The Morgan fingerprint density at radius 2 is 1.89 bits per heavy atom. The molecule has 3 rings (SSSR count). The van der Waals surface area contributed by atoms with E-state index in [0.29, 0.717) is 30.2 Å². The second-order valence-corrected chi connectivity index (χ2v) is 8.25. The number of carboxylic acids is 1. The van der Waals surface area contributed by atoms with Gasteiger partial charge in [-0.25, -0.2) is 0 Å². The van der Waals surface area contributed by atoms with Crippen molar-refractivity contribution in [1.29, 1.82) is 0 Å². The molecular formula is C22H25NO4S. The number of thioether (sulfide) groups is 1. The average Bonchev–Trinajstić information content (AvgIpc) is 2.73. The SMILES string of the molecule is CC(Sc1ccccc1C(=O)N1CCOC(CCc2ccccc2)C1)C(=O)O. The molecule has 6 heteroatoms. The zero-order valence-corrected chi connectivity index (χ0v) is 16.7. The predicted molar refractivity (Wildman–Crippen MR) is 110 cm³/mol. The summed E-state index contributed by atoms with van der Waals surface area (Å²) in [6.45, 7) is 3.25. The molecule has 1 fully saturated rings. The van der Waals surface area contributed by atoms with Crippen molar-refractivity contribution in [3.63, 3.8) is 0 Å². The van der Waals surface area contributed by atoms with Crippen LogP contribution in [0.4, 0.5) is 0 Å². The van der Waals surface area contributed by atoms with E-state index in [2.05, 4.69) is 12.1 Å². The third-order valence-electron chi connectivity index (χ3n) is 4.79.